The molecular formula is C20H18F3N3O5. The summed E-state index contributed by atoms with van der Waals surface area (Å²) >= 11 is 0. The van der Waals surface area contributed by atoms with E-state index in [-0.39, 0.29) is 11.3 Å². The molecule has 3 N–H and O–H groups in total. The maximum Gasteiger partial charge on any atom is 0.228 e. The van der Waals surface area contributed by atoms with E-state index in [1.165, 1.54) is 6.20 Å². The average Bonchev–Trinajstić information content (AvgIpc) is 3.24. The Bertz CT molecular complexity index is 1030. The van der Waals surface area contributed by atoms with E-state index in [0.29, 0.717) is 5.75 Å². The van der Waals surface area contributed by atoms with Crippen LogP contribution in [0.1, 0.15) is 6.04 Å². The Labute approximate surface area is 174 Å². The summed E-state index contributed by atoms with van der Waals surface area (Å²) in [6.07, 6.45) is -4.01. The third kappa shape index (κ3) is 4.12. The Morgan fingerprint density at radius 1 is 1.03 bits per heavy atom. The predicted octanol–water partition coefficient (Wildman–Crippen LogP) is 1.42. The van der Waals surface area contributed by atoms with Gasteiger partial charge in [0.2, 0.25) is 6.29 Å². The van der Waals surface area contributed by atoms with Gasteiger partial charge in [-0.05, 0) is 24.3 Å². The maximum atomic E-state index is 13.6. The molecule has 11 heteroatoms. The molecule has 0 bridgehead atoms. The van der Waals surface area contributed by atoms with Crippen LogP contribution in [0.15, 0.2) is 48.7 Å². The van der Waals surface area contributed by atoms with Gasteiger partial charge in [0.1, 0.15) is 35.8 Å². The minimum Gasteiger partial charge on any atom is -0.462 e. The summed E-state index contributed by atoms with van der Waals surface area (Å²) in [5.41, 5.74) is -0.112. The zero-order chi connectivity index (χ0) is 22.1. The van der Waals surface area contributed by atoms with Gasteiger partial charge in [-0.25, -0.2) is 17.9 Å². The van der Waals surface area contributed by atoms with E-state index in [4.69, 9.17) is 9.47 Å². The number of halogens is 3. The Balaban J connectivity index is 1.64. The summed E-state index contributed by atoms with van der Waals surface area (Å²) in [5, 5.41) is 38.6. The molecule has 5 atom stereocenters. The lowest BCUT2D eigenvalue weighted by Gasteiger charge is -2.41. The third-order valence-electron chi connectivity index (χ3n) is 4.94. The lowest BCUT2D eigenvalue weighted by Crippen LogP contribution is -2.57. The summed E-state index contributed by atoms with van der Waals surface area (Å²) < 4.78 is 52.5. The summed E-state index contributed by atoms with van der Waals surface area (Å²) in [6.45, 7) is -0.574. The molecular weight excluding hydrogens is 419 g/mol. The van der Waals surface area contributed by atoms with E-state index >= 15 is 0 Å². The number of hydrogen-bond acceptors (Lipinski definition) is 7. The lowest BCUT2D eigenvalue weighted by atomic mass is 9.96. The molecule has 4 rings (SSSR count). The number of para-hydroxylation sites is 1. The Hall–Kier alpha value is -2.99. The first-order valence-corrected chi connectivity index (χ1v) is 9.30. The molecule has 2 aromatic carbocycles. The van der Waals surface area contributed by atoms with Crippen LogP contribution in [0, 0.1) is 17.5 Å². The average molecular weight is 437 g/mol. The summed E-state index contributed by atoms with van der Waals surface area (Å²) in [7, 11) is 0. The first-order chi connectivity index (χ1) is 14.9. The molecule has 2 heterocycles. The number of aliphatic hydroxyl groups is 3. The van der Waals surface area contributed by atoms with Crippen LogP contribution in [0.5, 0.6) is 5.75 Å². The van der Waals surface area contributed by atoms with Gasteiger partial charge in [-0.15, -0.1) is 5.10 Å². The predicted molar refractivity (Wildman–Crippen MR) is 99.2 cm³/mol. The number of ether oxygens (including phenoxy) is 2. The van der Waals surface area contributed by atoms with Crippen molar-refractivity contribution >= 4 is 0 Å². The summed E-state index contributed by atoms with van der Waals surface area (Å²) in [6, 6.07) is 8.80. The number of aliphatic hydroxyl groups excluding tert-OH is 3. The number of aromatic nitrogens is 3. The lowest BCUT2D eigenvalue weighted by molar-refractivity contribution is -0.260. The number of benzene rings is 2. The standard InChI is InChI=1S/C20H18F3N3O5/c21-12-6-10(7-13(22)16(12)23)14-8-26(25-24-14)17-18(28)15(9-27)31-20(19(17)29)30-11-4-2-1-3-5-11/h1-8,15,17-20,27-29H,9H2/t15?,17?,18-,19-,20-/m0/s1. The molecule has 1 fully saturated rings. The van der Waals surface area contributed by atoms with Crippen LogP contribution in [0.25, 0.3) is 11.3 Å². The molecule has 1 aliphatic heterocycles. The van der Waals surface area contributed by atoms with Crippen LogP contribution < -0.4 is 4.74 Å². The molecule has 3 aromatic rings. The minimum atomic E-state index is -1.61. The highest BCUT2D eigenvalue weighted by atomic mass is 19.2. The molecule has 8 nitrogen and oxygen atoms in total. The number of hydrogen-bond donors (Lipinski definition) is 3. The second-order valence-corrected chi connectivity index (χ2v) is 6.97. The van der Waals surface area contributed by atoms with Crippen molar-refractivity contribution in [2.75, 3.05) is 6.61 Å². The summed E-state index contributed by atoms with van der Waals surface area (Å²) in [5.74, 6) is -4.02. The van der Waals surface area contributed by atoms with Crippen molar-refractivity contribution in [3.63, 3.8) is 0 Å². The van der Waals surface area contributed by atoms with E-state index < -0.39 is 54.7 Å². The largest absolute Gasteiger partial charge is 0.462 e. The zero-order valence-corrected chi connectivity index (χ0v) is 15.8. The molecule has 0 saturated carbocycles. The topological polar surface area (TPSA) is 110 Å². The van der Waals surface area contributed by atoms with Crippen molar-refractivity contribution in [1.82, 2.24) is 15.0 Å². The Morgan fingerprint density at radius 3 is 2.35 bits per heavy atom. The van der Waals surface area contributed by atoms with Gasteiger partial charge in [0.05, 0.1) is 12.8 Å². The van der Waals surface area contributed by atoms with Crippen LogP contribution in [-0.2, 0) is 4.74 Å². The van der Waals surface area contributed by atoms with Crippen LogP contribution in [-0.4, -0.2) is 61.5 Å². The van der Waals surface area contributed by atoms with Crippen molar-refractivity contribution in [1.29, 1.82) is 0 Å². The smallest absolute Gasteiger partial charge is 0.228 e. The van der Waals surface area contributed by atoms with E-state index in [0.717, 1.165) is 16.8 Å². The van der Waals surface area contributed by atoms with E-state index in [1.807, 2.05) is 0 Å². The van der Waals surface area contributed by atoms with Gasteiger partial charge >= 0.3 is 0 Å². The molecule has 31 heavy (non-hydrogen) atoms. The first kappa shape index (κ1) is 21.2. The van der Waals surface area contributed by atoms with E-state index in [2.05, 4.69) is 10.3 Å². The SMILES string of the molecule is OCC1O[C@H](Oc2ccccc2)[C@@H](O)C(n2cc(-c3cc(F)c(F)c(F)c3)nn2)[C@H]1O. The van der Waals surface area contributed by atoms with Gasteiger partial charge in [-0.1, -0.05) is 23.4 Å². The van der Waals surface area contributed by atoms with Gasteiger partial charge in [0, 0.05) is 5.56 Å². The van der Waals surface area contributed by atoms with Gasteiger partial charge in [-0.2, -0.15) is 0 Å². The fourth-order valence-electron chi connectivity index (χ4n) is 3.37. The molecule has 1 aliphatic rings. The quantitative estimate of drug-likeness (QED) is 0.518. The minimum absolute atomic E-state index is 0.0234. The van der Waals surface area contributed by atoms with Gasteiger partial charge in [0.15, 0.2) is 17.5 Å². The van der Waals surface area contributed by atoms with Crippen LogP contribution in [0.4, 0.5) is 13.2 Å². The second kappa shape index (κ2) is 8.63. The first-order valence-electron chi connectivity index (χ1n) is 9.30. The van der Waals surface area contributed by atoms with Crippen molar-refractivity contribution in [3.05, 3.63) is 66.1 Å². The number of nitrogens with zero attached hydrogens (tertiary/aromatic N) is 3. The van der Waals surface area contributed by atoms with E-state index in [1.54, 1.807) is 30.3 Å². The van der Waals surface area contributed by atoms with Crippen molar-refractivity contribution in [3.8, 4) is 17.0 Å². The molecule has 2 unspecified atom stereocenters. The van der Waals surface area contributed by atoms with Crippen LogP contribution in [0.2, 0.25) is 0 Å². The fraction of sp³-hybridized carbons (Fsp3) is 0.300. The van der Waals surface area contributed by atoms with Crippen LogP contribution in [0.3, 0.4) is 0 Å². The van der Waals surface area contributed by atoms with Gasteiger partial charge < -0.3 is 24.8 Å². The second-order valence-electron chi connectivity index (χ2n) is 6.97. The molecule has 1 saturated heterocycles. The fourth-order valence-corrected chi connectivity index (χ4v) is 3.37. The highest BCUT2D eigenvalue weighted by Gasteiger charge is 2.47. The molecule has 1 aromatic heterocycles. The van der Waals surface area contributed by atoms with Gasteiger partial charge in [-0.3, -0.25) is 0 Å². The molecule has 0 aliphatic carbocycles. The van der Waals surface area contributed by atoms with E-state index in [9.17, 15) is 28.5 Å². The van der Waals surface area contributed by atoms with Gasteiger partial charge in [0.25, 0.3) is 0 Å². The van der Waals surface area contributed by atoms with Crippen LogP contribution >= 0.6 is 0 Å². The highest BCUT2D eigenvalue weighted by molar-refractivity contribution is 5.57. The molecule has 0 spiro atoms. The zero-order valence-electron chi connectivity index (χ0n) is 15.8. The maximum absolute atomic E-state index is 13.6. The number of rotatable bonds is 5. The molecule has 0 radical (unpaired) electrons. The highest BCUT2D eigenvalue weighted by Crippen LogP contribution is 2.32. The summed E-state index contributed by atoms with van der Waals surface area (Å²) in [4.78, 5) is 0. The monoisotopic (exact) mass is 437 g/mol. The third-order valence-corrected chi connectivity index (χ3v) is 4.94. The molecule has 164 valence electrons. The molecule has 0 amide bonds. The van der Waals surface area contributed by atoms with Crippen molar-refractivity contribution in [2.45, 2.75) is 30.6 Å². The van der Waals surface area contributed by atoms with Crippen molar-refractivity contribution in [2.24, 2.45) is 0 Å². The Kier molecular flexibility index (Phi) is 5.92. The Morgan fingerprint density at radius 2 is 1.71 bits per heavy atom. The van der Waals surface area contributed by atoms with Crippen molar-refractivity contribution < 1.29 is 38.0 Å². The normalized spacial score (nSPS) is 26.1.